The number of hydrogen-bond acceptors (Lipinski definition) is 5. The highest BCUT2D eigenvalue weighted by atomic mass is 32.1. The molecule has 0 aliphatic heterocycles. The Morgan fingerprint density at radius 2 is 1.67 bits per heavy atom. The second-order valence-corrected chi connectivity index (χ2v) is 6.94. The van der Waals surface area contributed by atoms with Gasteiger partial charge in [0, 0.05) is 6.42 Å². The molecule has 6 heteroatoms. The van der Waals surface area contributed by atoms with Crippen molar-refractivity contribution in [2.24, 2.45) is 0 Å². The molecule has 4 aromatic rings. The van der Waals surface area contributed by atoms with Crippen LogP contribution in [0.25, 0.3) is 17.1 Å². The third-order valence-electron chi connectivity index (χ3n) is 4.00. The van der Waals surface area contributed by atoms with Crippen LogP contribution in [0.3, 0.4) is 0 Å². The lowest BCUT2D eigenvalue weighted by Crippen LogP contribution is -2.27. The fourth-order valence-corrected chi connectivity index (χ4v) is 3.52. The van der Waals surface area contributed by atoms with Gasteiger partial charge in [0.1, 0.15) is 5.69 Å². The first-order valence-corrected chi connectivity index (χ1v) is 9.22. The predicted molar refractivity (Wildman–Crippen MR) is 108 cm³/mol. The van der Waals surface area contributed by atoms with Gasteiger partial charge in [0.25, 0.3) is 11.1 Å². The topological polar surface area (TPSA) is 64.3 Å². The summed E-state index contributed by atoms with van der Waals surface area (Å²) in [6.45, 7) is 0. The van der Waals surface area contributed by atoms with Crippen molar-refractivity contribution in [1.29, 1.82) is 0 Å². The first kappa shape index (κ1) is 17.1. The van der Waals surface area contributed by atoms with E-state index in [2.05, 4.69) is 10.1 Å². The molecular formula is C21H15N3O2S. The maximum absolute atomic E-state index is 12.6. The van der Waals surface area contributed by atoms with E-state index in [1.807, 2.05) is 72.8 Å². The number of hydrogen-bond donors (Lipinski definition) is 0. The van der Waals surface area contributed by atoms with Gasteiger partial charge in [-0.1, -0.05) is 84.2 Å². The average molecular weight is 373 g/mol. The van der Waals surface area contributed by atoms with Crippen molar-refractivity contribution in [2.75, 3.05) is 0 Å². The van der Waals surface area contributed by atoms with Crippen molar-refractivity contribution in [3.8, 4) is 0 Å². The monoisotopic (exact) mass is 373 g/mol. The van der Waals surface area contributed by atoms with Crippen molar-refractivity contribution < 1.29 is 0 Å². The van der Waals surface area contributed by atoms with Crippen molar-refractivity contribution >= 4 is 28.4 Å². The zero-order valence-electron chi connectivity index (χ0n) is 14.3. The quantitative estimate of drug-likeness (QED) is 0.551. The van der Waals surface area contributed by atoms with Gasteiger partial charge in [0.15, 0.2) is 0 Å². The number of thiazole rings is 1. The van der Waals surface area contributed by atoms with Crippen LogP contribution in [-0.4, -0.2) is 14.6 Å². The Morgan fingerprint density at radius 3 is 2.41 bits per heavy atom. The average Bonchev–Trinajstić information content (AvgIpc) is 2.99. The van der Waals surface area contributed by atoms with Crippen molar-refractivity contribution in [2.45, 2.75) is 6.42 Å². The number of rotatable bonds is 4. The first-order chi connectivity index (χ1) is 13.2. The maximum atomic E-state index is 12.6. The summed E-state index contributed by atoms with van der Waals surface area (Å²) >= 11 is 1.16. The molecule has 0 N–H and O–H groups in total. The molecule has 0 saturated carbocycles. The lowest BCUT2D eigenvalue weighted by molar-refractivity contribution is 0.811. The largest absolute Gasteiger partial charge is 0.296 e. The molecule has 27 heavy (non-hydrogen) atoms. The summed E-state index contributed by atoms with van der Waals surface area (Å²) in [5.41, 5.74) is 1.59. The summed E-state index contributed by atoms with van der Waals surface area (Å²) in [6.07, 6.45) is 5.79. The van der Waals surface area contributed by atoms with Crippen LogP contribution in [0.4, 0.5) is 0 Å². The highest BCUT2D eigenvalue weighted by Gasteiger charge is 2.11. The Hall–Kier alpha value is -3.38. The highest BCUT2D eigenvalue weighted by Crippen LogP contribution is 2.05. The maximum Gasteiger partial charge on any atom is 0.296 e. The van der Waals surface area contributed by atoms with Gasteiger partial charge in [0.05, 0.1) is 4.53 Å². The molecule has 5 nitrogen and oxygen atoms in total. The van der Waals surface area contributed by atoms with E-state index >= 15 is 0 Å². The van der Waals surface area contributed by atoms with Crippen LogP contribution in [-0.2, 0) is 6.42 Å². The Labute approximate surface area is 158 Å². The predicted octanol–water partition coefficient (Wildman–Crippen LogP) is 2.31. The molecule has 0 fully saturated rings. The molecule has 0 radical (unpaired) electrons. The van der Waals surface area contributed by atoms with Crippen LogP contribution < -0.4 is 15.7 Å². The van der Waals surface area contributed by atoms with Crippen molar-refractivity contribution in [1.82, 2.24) is 14.6 Å². The molecule has 132 valence electrons. The molecule has 0 amide bonds. The van der Waals surface area contributed by atoms with Gasteiger partial charge < -0.3 is 0 Å². The number of fused-ring (bicyclic) bond motifs is 1. The Kier molecular flexibility index (Phi) is 4.72. The van der Waals surface area contributed by atoms with Crippen LogP contribution in [0.2, 0.25) is 0 Å². The Balaban J connectivity index is 1.71. The van der Waals surface area contributed by atoms with E-state index < -0.39 is 5.56 Å². The van der Waals surface area contributed by atoms with Crippen LogP contribution in [0.5, 0.6) is 0 Å². The molecular weight excluding hydrogens is 358 g/mol. The van der Waals surface area contributed by atoms with Gasteiger partial charge in [-0.3, -0.25) is 9.59 Å². The fraction of sp³-hybridized carbons (Fsp3) is 0.0476. The Morgan fingerprint density at radius 1 is 0.963 bits per heavy atom. The van der Waals surface area contributed by atoms with Crippen LogP contribution >= 0.6 is 11.3 Å². The molecule has 2 aromatic carbocycles. The van der Waals surface area contributed by atoms with E-state index in [1.165, 1.54) is 4.52 Å². The number of nitrogens with zero attached hydrogens (tertiary/aromatic N) is 3. The first-order valence-electron chi connectivity index (χ1n) is 8.41. The van der Waals surface area contributed by atoms with E-state index in [0.29, 0.717) is 15.9 Å². The molecule has 0 atom stereocenters. The summed E-state index contributed by atoms with van der Waals surface area (Å²) in [5, 5.41) is 4.25. The molecule has 4 rings (SSSR count). The minimum absolute atomic E-state index is 0.264. The highest BCUT2D eigenvalue weighted by molar-refractivity contribution is 7.15. The van der Waals surface area contributed by atoms with Crippen LogP contribution in [0.1, 0.15) is 16.8 Å². The van der Waals surface area contributed by atoms with Gasteiger partial charge in [0.2, 0.25) is 4.96 Å². The summed E-state index contributed by atoms with van der Waals surface area (Å²) in [5.74, 6) is 0. The van der Waals surface area contributed by atoms with Crippen molar-refractivity contribution in [3.63, 3.8) is 0 Å². The molecule has 0 aliphatic carbocycles. The lowest BCUT2D eigenvalue weighted by atomic mass is 10.1. The molecule has 0 saturated heterocycles. The number of allylic oxidation sites excluding steroid dienone is 1. The second kappa shape index (κ2) is 7.47. The Bertz CT molecular complexity index is 1280. The van der Waals surface area contributed by atoms with E-state index in [1.54, 1.807) is 6.08 Å². The zero-order chi connectivity index (χ0) is 18.6. The van der Waals surface area contributed by atoms with Gasteiger partial charge in [-0.15, -0.1) is 0 Å². The summed E-state index contributed by atoms with van der Waals surface area (Å²) in [4.78, 5) is 29.2. The van der Waals surface area contributed by atoms with E-state index in [4.69, 9.17) is 0 Å². The lowest BCUT2D eigenvalue weighted by Gasteiger charge is -1.99. The van der Waals surface area contributed by atoms with Crippen molar-refractivity contribution in [3.05, 3.63) is 109 Å². The third-order valence-corrected chi connectivity index (χ3v) is 4.98. The molecule has 0 bridgehead atoms. The number of aromatic nitrogens is 3. The number of benzene rings is 2. The standard InChI is InChI=1S/C21H15N3O2S/c25-19-17(14-16-10-5-2-6-11-16)23-24-20(26)18(27-21(24)22-19)13-7-12-15-8-3-1-4-9-15/h1-13H,14H2/b12-7+,18-13-. The SMILES string of the molecule is O=c1nc2s/c(=C\C=C\c3ccccc3)c(=O)n2nc1Cc1ccccc1. The zero-order valence-corrected chi connectivity index (χ0v) is 15.1. The minimum Gasteiger partial charge on any atom is -0.266 e. The fourth-order valence-electron chi connectivity index (χ4n) is 2.67. The van der Waals surface area contributed by atoms with Gasteiger partial charge >= 0.3 is 0 Å². The van der Waals surface area contributed by atoms with Crippen LogP contribution in [0.15, 0.2) is 76.3 Å². The smallest absolute Gasteiger partial charge is 0.266 e. The summed E-state index contributed by atoms with van der Waals surface area (Å²) in [6, 6.07) is 19.3. The van der Waals surface area contributed by atoms with E-state index in [-0.39, 0.29) is 11.3 Å². The van der Waals surface area contributed by atoms with Gasteiger partial charge in [-0.05, 0) is 17.2 Å². The van der Waals surface area contributed by atoms with Gasteiger partial charge in [-0.2, -0.15) is 14.6 Å². The normalized spacial score (nSPS) is 12.2. The minimum atomic E-state index is -0.397. The van der Waals surface area contributed by atoms with Gasteiger partial charge in [-0.25, -0.2) is 0 Å². The molecule has 2 heterocycles. The summed E-state index contributed by atoms with van der Waals surface area (Å²) < 4.78 is 1.70. The molecule has 2 aromatic heterocycles. The van der Waals surface area contributed by atoms with Crippen LogP contribution in [0, 0.1) is 0 Å². The van der Waals surface area contributed by atoms with E-state index in [0.717, 1.165) is 22.5 Å². The third kappa shape index (κ3) is 3.75. The molecule has 0 spiro atoms. The molecule has 0 unspecified atom stereocenters. The second-order valence-electron chi connectivity index (χ2n) is 5.93. The summed E-state index contributed by atoms with van der Waals surface area (Å²) in [7, 11) is 0. The van der Waals surface area contributed by atoms with E-state index in [9.17, 15) is 9.59 Å². The molecule has 0 aliphatic rings.